The number of hydrogen-bond acceptors (Lipinski definition) is 5. The molecule has 7 nitrogen and oxygen atoms in total. The van der Waals surface area contributed by atoms with E-state index in [2.05, 4.69) is 4.72 Å². The Kier molecular flexibility index (Phi) is 4.38. The standard InChI is InChI=1S/C13H18N2O5S/c1-19-11-5-4-10(7-12(11)20-2)15-8-9(6-13(15)16)14-21(3,17)18/h4-5,7,9,14H,6,8H2,1-3H3. The molecule has 0 spiro atoms. The highest BCUT2D eigenvalue weighted by Crippen LogP contribution is 2.33. The van der Waals surface area contributed by atoms with Gasteiger partial charge in [0.05, 0.1) is 20.5 Å². The molecule has 1 aromatic carbocycles. The van der Waals surface area contributed by atoms with Crippen molar-refractivity contribution in [2.75, 3.05) is 31.9 Å². The van der Waals surface area contributed by atoms with Crippen molar-refractivity contribution in [2.45, 2.75) is 12.5 Å². The lowest BCUT2D eigenvalue weighted by atomic mass is 10.2. The van der Waals surface area contributed by atoms with Gasteiger partial charge in [0, 0.05) is 30.8 Å². The highest BCUT2D eigenvalue weighted by Gasteiger charge is 2.32. The second-order valence-corrected chi connectivity index (χ2v) is 6.61. The molecule has 21 heavy (non-hydrogen) atoms. The van der Waals surface area contributed by atoms with Gasteiger partial charge < -0.3 is 14.4 Å². The summed E-state index contributed by atoms with van der Waals surface area (Å²) in [6.45, 7) is 0.293. The molecule has 1 amide bonds. The van der Waals surface area contributed by atoms with E-state index >= 15 is 0 Å². The third-order valence-electron chi connectivity index (χ3n) is 3.18. The van der Waals surface area contributed by atoms with Crippen LogP contribution in [-0.2, 0) is 14.8 Å². The Balaban J connectivity index is 2.21. The normalized spacial score (nSPS) is 18.9. The van der Waals surface area contributed by atoms with Crippen LogP contribution in [0.25, 0.3) is 0 Å². The summed E-state index contributed by atoms with van der Waals surface area (Å²) in [6.07, 6.45) is 1.22. The quantitative estimate of drug-likeness (QED) is 0.848. The maximum absolute atomic E-state index is 12.0. The number of nitrogens with zero attached hydrogens (tertiary/aromatic N) is 1. The molecular formula is C13H18N2O5S. The van der Waals surface area contributed by atoms with E-state index in [1.165, 1.54) is 19.1 Å². The highest BCUT2D eigenvalue weighted by molar-refractivity contribution is 7.88. The fourth-order valence-electron chi connectivity index (χ4n) is 2.33. The van der Waals surface area contributed by atoms with E-state index in [1.807, 2.05) is 0 Å². The molecule has 8 heteroatoms. The van der Waals surface area contributed by atoms with Crippen LogP contribution in [-0.4, -0.2) is 47.4 Å². The predicted octanol–water partition coefficient (Wildman–Crippen LogP) is 0.358. The van der Waals surface area contributed by atoms with E-state index in [0.29, 0.717) is 23.7 Å². The van der Waals surface area contributed by atoms with E-state index in [0.717, 1.165) is 6.26 Å². The van der Waals surface area contributed by atoms with E-state index in [9.17, 15) is 13.2 Å². The molecule has 1 fully saturated rings. The van der Waals surface area contributed by atoms with Crippen LogP contribution in [0.2, 0.25) is 0 Å². The van der Waals surface area contributed by atoms with Gasteiger partial charge in [-0.15, -0.1) is 0 Å². The summed E-state index contributed by atoms with van der Waals surface area (Å²) in [6, 6.07) is 4.72. The Morgan fingerprint density at radius 2 is 1.90 bits per heavy atom. The first-order valence-corrected chi connectivity index (χ1v) is 8.23. The van der Waals surface area contributed by atoms with Crippen LogP contribution in [0.1, 0.15) is 6.42 Å². The van der Waals surface area contributed by atoms with Crippen molar-refractivity contribution < 1.29 is 22.7 Å². The van der Waals surface area contributed by atoms with Crippen LogP contribution in [0, 0.1) is 0 Å². The molecule has 1 heterocycles. The summed E-state index contributed by atoms with van der Waals surface area (Å²) in [5.74, 6) is 0.949. The summed E-state index contributed by atoms with van der Waals surface area (Å²) in [4.78, 5) is 13.6. The van der Waals surface area contributed by atoms with Gasteiger partial charge in [-0.1, -0.05) is 0 Å². The minimum Gasteiger partial charge on any atom is -0.493 e. The number of carbonyl (C=O) groups is 1. The van der Waals surface area contributed by atoms with Gasteiger partial charge in [0.15, 0.2) is 11.5 Å². The number of sulfonamides is 1. The van der Waals surface area contributed by atoms with Gasteiger partial charge in [0.25, 0.3) is 0 Å². The fraction of sp³-hybridized carbons (Fsp3) is 0.462. The number of amides is 1. The molecular weight excluding hydrogens is 296 g/mol. The van der Waals surface area contributed by atoms with Crippen LogP contribution in [0.3, 0.4) is 0 Å². The Morgan fingerprint density at radius 3 is 2.48 bits per heavy atom. The van der Waals surface area contributed by atoms with Crippen molar-refractivity contribution >= 4 is 21.6 Å². The Hall–Kier alpha value is -1.80. The van der Waals surface area contributed by atoms with Crippen LogP contribution in [0.5, 0.6) is 11.5 Å². The van der Waals surface area contributed by atoms with E-state index in [4.69, 9.17) is 9.47 Å². The molecule has 1 atom stereocenters. The van der Waals surface area contributed by atoms with E-state index in [1.54, 1.807) is 18.2 Å². The Bertz CT molecular complexity index is 644. The molecule has 1 aliphatic heterocycles. The van der Waals surface area contributed by atoms with Crippen molar-refractivity contribution in [1.29, 1.82) is 0 Å². The lowest BCUT2D eigenvalue weighted by molar-refractivity contribution is -0.117. The van der Waals surface area contributed by atoms with Gasteiger partial charge in [-0.3, -0.25) is 4.79 Å². The van der Waals surface area contributed by atoms with E-state index < -0.39 is 16.1 Å². The number of benzene rings is 1. The number of anilines is 1. The first kappa shape index (κ1) is 15.6. The van der Waals surface area contributed by atoms with Gasteiger partial charge in [0.1, 0.15) is 0 Å². The monoisotopic (exact) mass is 314 g/mol. The first-order valence-electron chi connectivity index (χ1n) is 6.33. The molecule has 116 valence electrons. The van der Waals surface area contributed by atoms with Gasteiger partial charge in [-0.2, -0.15) is 0 Å². The van der Waals surface area contributed by atoms with E-state index in [-0.39, 0.29) is 12.3 Å². The summed E-state index contributed by atoms with van der Waals surface area (Å²) in [5, 5.41) is 0. The third kappa shape index (κ3) is 3.64. The maximum Gasteiger partial charge on any atom is 0.228 e. The summed E-state index contributed by atoms with van der Waals surface area (Å²) >= 11 is 0. The Morgan fingerprint density at radius 1 is 1.24 bits per heavy atom. The van der Waals surface area contributed by atoms with Crippen molar-refractivity contribution in [2.24, 2.45) is 0 Å². The lowest BCUT2D eigenvalue weighted by Gasteiger charge is -2.18. The first-order chi connectivity index (χ1) is 9.84. The number of carbonyl (C=O) groups excluding carboxylic acids is 1. The van der Waals surface area contributed by atoms with Crippen molar-refractivity contribution in [3.8, 4) is 11.5 Å². The zero-order chi connectivity index (χ0) is 15.6. The number of rotatable bonds is 5. The van der Waals surface area contributed by atoms with Gasteiger partial charge in [-0.05, 0) is 12.1 Å². The minimum absolute atomic E-state index is 0.136. The number of hydrogen-bond donors (Lipinski definition) is 1. The topological polar surface area (TPSA) is 84.9 Å². The van der Waals surface area contributed by atoms with Crippen LogP contribution in [0.15, 0.2) is 18.2 Å². The molecule has 0 bridgehead atoms. The average molecular weight is 314 g/mol. The average Bonchev–Trinajstić information content (AvgIpc) is 2.76. The maximum atomic E-state index is 12.0. The molecule has 1 aliphatic rings. The number of ether oxygens (including phenoxy) is 2. The number of methoxy groups -OCH3 is 2. The van der Waals surface area contributed by atoms with Gasteiger partial charge in [0.2, 0.25) is 15.9 Å². The molecule has 1 unspecified atom stereocenters. The fourth-order valence-corrected chi connectivity index (χ4v) is 3.09. The molecule has 2 rings (SSSR count). The molecule has 0 aliphatic carbocycles. The molecule has 1 saturated heterocycles. The van der Waals surface area contributed by atoms with Crippen molar-refractivity contribution in [1.82, 2.24) is 4.72 Å². The molecule has 0 saturated carbocycles. The smallest absolute Gasteiger partial charge is 0.228 e. The second-order valence-electron chi connectivity index (χ2n) is 4.83. The highest BCUT2D eigenvalue weighted by atomic mass is 32.2. The van der Waals surface area contributed by atoms with Crippen LogP contribution in [0.4, 0.5) is 5.69 Å². The summed E-state index contributed by atoms with van der Waals surface area (Å²) in [5.41, 5.74) is 0.649. The molecule has 1 aromatic rings. The molecule has 0 radical (unpaired) electrons. The van der Waals surface area contributed by atoms with Gasteiger partial charge >= 0.3 is 0 Å². The zero-order valence-corrected chi connectivity index (χ0v) is 12.9. The third-order valence-corrected chi connectivity index (χ3v) is 3.95. The van der Waals surface area contributed by atoms with Crippen molar-refractivity contribution in [3.63, 3.8) is 0 Å². The SMILES string of the molecule is COc1ccc(N2CC(NS(C)(=O)=O)CC2=O)cc1OC. The molecule has 1 N–H and O–H groups in total. The Labute approximate surface area is 123 Å². The predicted molar refractivity (Wildman–Crippen MR) is 78.3 cm³/mol. The minimum atomic E-state index is -3.33. The van der Waals surface area contributed by atoms with Crippen molar-refractivity contribution in [3.05, 3.63) is 18.2 Å². The summed E-state index contributed by atoms with van der Waals surface area (Å²) < 4.78 is 35.3. The second kappa shape index (κ2) is 5.90. The lowest BCUT2D eigenvalue weighted by Crippen LogP contribution is -2.36. The van der Waals surface area contributed by atoms with Crippen LogP contribution >= 0.6 is 0 Å². The number of nitrogens with one attached hydrogen (secondary N) is 1. The van der Waals surface area contributed by atoms with Crippen LogP contribution < -0.4 is 19.1 Å². The largest absolute Gasteiger partial charge is 0.493 e. The van der Waals surface area contributed by atoms with Gasteiger partial charge in [-0.25, -0.2) is 13.1 Å². The zero-order valence-electron chi connectivity index (χ0n) is 12.1. The molecule has 0 aromatic heterocycles. The summed E-state index contributed by atoms with van der Waals surface area (Å²) in [7, 11) is -0.286.